The van der Waals surface area contributed by atoms with Crippen LogP contribution in [0.15, 0.2) is 30.5 Å². The molecule has 2 aliphatic heterocycles. The van der Waals surface area contributed by atoms with Crippen molar-refractivity contribution < 1.29 is 46.2 Å². The standard InChI is InChI=1S/C24H19F4NO4S.C6H10O2S/c1-3-32-22(30)15-9-29-21-13(19(15)24(10-34-11-24)23(31)33-4-2)5-6-16(26)18(21)14-7-12(25)8-17(27)20(14)28;1-2-8-6(7)5-3-9-4-5/h5-9H,3-4,10-11H2,1-2H3;5H,2-4H2,1H3. The molecule has 0 saturated carbocycles. The van der Waals surface area contributed by atoms with E-state index in [4.69, 9.17) is 14.2 Å². The zero-order valence-corrected chi connectivity index (χ0v) is 25.3. The van der Waals surface area contributed by atoms with Crippen molar-refractivity contribution in [1.29, 1.82) is 0 Å². The fourth-order valence-electron chi connectivity index (χ4n) is 4.69. The molecule has 0 aliphatic carbocycles. The number of thioether (sulfide) groups is 2. The summed E-state index contributed by atoms with van der Waals surface area (Å²) in [6, 6.07) is 3.29. The number of hydrogen-bond donors (Lipinski definition) is 0. The first-order valence-corrected chi connectivity index (χ1v) is 15.8. The maximum atomic E-state index is 15.0. The summed E-state index contributed by atoms with van der Waals surface area (Å²) in [7, 11) is 0. The highest BCUT2D eigenvalue weighted by Gasteiger charge is 2.51. The Labute approximate surface area is 254 Å². The zero-order valence-electron chi connectivity index (χ0n) is 23.6. The van der Waals surface area contributed by atoms with E-state index in [1.54, 1.807) is 25.6 Å². The summed E-state index contributed by atoms with van der Waals surface area (Å²) in [6.45, 7) is 5.75. The first-order valence-electron chi connectivity index (χ1n) is 13.5. The summed E-state index contributed by atoms with van der Waals surface area (Å²) < 4.78 is 72.7. The van der Waals surface area contributed by atoms with E-state index in [1.807, 2.05) is 6.92 Å². The third kappa shape index (κ3) is 6.47. The number of nitrogens with zero attached hydrogens (tertiary/aromatic N) is 1. The number of ether oxygens (including phenoxy) is 3. The van der Waals surface area contributed by atoms with E-state index in [0.717, 1.165) is 23.8 Å². The van der Waals surface area contributed by atoms with Crippen molar-refractivity contribution in [2.75, 3.05) is 42.8 Å². The van der Waals surface area contributed by atoms with Crippen LogP contribution in [-0.4, -0.2) is 65.7 Å². The summed E-state index contributed by atoms with van der Waals surface area (Å²) in [4.78, 5) is 40.8. The van der Waals surface area contributed by atoms with Gasteiger partial charge >= 0.3 is 17.9 Å². The second-order valence-electron chi connectivity index (χ2n) is 9.62. The number of carbonyl (C=O) groups excluding carboxylic acids is 3. The summed E-state index contributed by atoms with van der Waals surface area (Å²) in [6.07, 6.45) is 1.11. The SMILES string of the molecule is CCOC(=O)C1CSC1.CCOC(=O)c1cnc2c(-c3cc(F)cc(F)c3F)c(F)ccc2c1C1(C(=O)OCC)CSC1. The van der Waals surface area contributed by atoms with Gasteiger partial charge in [0, 0.05) is 51.8 Å². The van der Waals surface area contributed by atoms with E-state index in [1.165, 1.54) is 17.8 Å². The summed E-state index contributed by atoms with van der Waals surface area (Å²) >= 11 is 3.24. The zero-order chi connectivity index (χ0) is 31.3. The molecule has 0 bridgehead atoms. The lowest BCUT2D eigenvalue weighted by Crippen LogP contribution is -2.50. The monoisotopic (exact) mass is 639 g/mol. The van der Waals surface area contributed by atoms with Crippen LogP contribution in [0.4, 0.5) is 17.6 Å². The van der Waals surface area contributed by atoms with Gasteiger partial charge < -0.3 is 14.2 Å². The lowest BCUT2D eigenvalue weighted by Gasteiger charge is -2.40. The first kappa shape index (κ1) is 32.6. The van der Waals surface area contributed by atoms with E-state index in [-0.39, 0.29) is 58.6 Å². The number of carbonyl (C=O) groups is 3. The molecule has 13 heteroatoms. The van der Waals surface area contributed by atoms with Gasteiger partial charge in [-0.1, -0.05) is 0 Å². The molecule has 0 radical (unpaired) electrons. The maximum absolute atomic E-state index is 15.0. The van der Waals surface area contributed by atoms with Crippen LogP contribution < -0.4 is 0 Å². The Kier molecular flexibility index (Phi) is 10.6. The van der Waals surface area contributed by atoms with Crippen LogP contribution in [0.5, 0.6) is 0 Å². The quantitative estimate of drug-likeness (QED) is 0.126. The highest BCUT2D eigenvalue weighted by atomic mass is 32.2. The van der Waals surface area contributed by atoms with Gasteiger partial charge in [-0.15, -0.1) is 0 Å². The third-order valence-electron chi connectivity index (χ3n) is 6.85. The van der Waals surface area contributed by atoms with E-state index in [2.05, 4.69) is 4.98 Å². The van der Waals surface area contributed by atoms with Gasteiger partial charge in [-0.3, -0.25) is 14.6 Å². The number of rotatable bonds is 8. The maximum Gasteiger partial charge on any atom is 0.340 e. The minimum atomic E-state index is -1.49. The molecule has 2 fully saturated rings. The largest absolute Gasteiger partial charge is 0.466 e. The highest BCUT2D eigenvalue weighted by Crippen LogP contribution is 2.47. The first-order chi connectivity index (χ1) is 20.6. The molecule has 2 aliphatic rings. The van der Waals surface area contributed by atoms with E-state index >= 15 is 0 Å². The summed E-state index contributed by atoms with van der Waals surface area (Å²) in [5, 5.41) is 0.152. The Morgan fingerprint density at radius 1 is 0.907 bits per heavy atom. The molecule has 2 saturated heterocycles. The number of esters is 3. The highest BCUT2D eigenvalue weighted by molar-refractivity contribution is 8.01. The molecule has 3 heterocycles. The fourth-order valence-corrected chi connectivity index (χ4v) is 6.57. The van der Waals surface area contributed by atoms with E-state index in [0.29, 0.717) is 18.7 Å². The smallest absolute Gasteiger partial charge is 0.340 e. The lowest BCUT2D eigenvalue weighted by atomic mass is 9.78. The van der Waals surface area contributed by atoms with Gasteiger partial charge in [0.15, 0.2) is 11.6 Å². The van der Waals surface area contributed by atoms with Crippen LogP contribution in [-0.2, 0) is 29.2 Å². The van der Waals surface area contributed by atoms with Crippen molar-refractivity contribution in [1.82, 2.24) is 4.98 Å². The van der Waals surface area contributed by atoms with Gasteiger partial charge in [-0.2, -0.15) is 23.5 Å². The van der Waals surface area contributed by atoms with Crippen LogP contribution in [0, 0.1) is 29.2 Å². The Morgan fingerprint density at radius 2 is 1.58 bits per heavy atom. The molecule has 0 N–H and O–H groups in total. The van der Waals surface area contributed by atoms with Crippen LogP contribution in [0.25, 0.3) is 22.0 Å². The molecule has 5 rings (SSSR count). The minimum Gasteiger partial charge on any atom is -0.466 e. The Balaban J connectivity index is 0.000000403. The van der Waals surface area contributed by atoms with Crippen molar-refractivity contribution in [3.05, 3.63) is 64.9 Å². The number of halogens is 4. The number of aromatic nitrogens is 1. The van der Waals surface area contributed by atoms with Crippen LogP contribution in [0.3, 0.4) is 0 Å². The van der Waals surface area contributed by atoms with Crippen LogP contribution >= 0.6 is 23.5 Å². The van der Waals surface area contributed by atoms with Crippen molar-refractivity contribution in [3.63, 3.8) is 0 Å². The molecule has 0 unspecified atom stereocenters. The lowest BCUT2D eigenvalue weighted by molar-refractivity contribution is -0.149. The predicted molar refractivity (Wildman–Crippen MR) is 156 cm³/mol. The molecule has 2 aromatic carbocycles. The topological polar surface area (TPSA) is 91.8 Å². The van der Waals surface area contributed by atoms with Gasteiger partial charge in [-0.05, 0) is 44.5 Å². The van der Waals surface area contributed by atoms with Crippen molar-refractivity contribution in [2.24, 2.45) is 5.92 Å². The van der Waals surface area contributed by atoms with Gasteiger partial charge in [0.1, 0.15) is 17.0 Å². The molecule has 1 aromatic heterocycles. The molecule has 7 nitrogen and oxygen atoms in total. The van der Waals surface area contributed by atoms with E-state index < -0.39 is 51.7 Å². The van der Waals surface area contributed by atoms with Crippen molar-refractivity contribution in [3.8, 4) is 11.1 Å². The fraction of sp³-hybridized carbons (Fsp3) is 0.400. The molecule has 43 heavy (non-hydrogen) atoms. The van der Waals surface area contributed by atoms with Crippen LogP contribution in [0.1, 0.15) is 36.7 Å². The Hall–Kier alpha value is -3.32. The van der Waals surface area contributed by atoms with Crippen molar-refractivity contribution in [2.45, 2.75) is 26.2 Å². The third-order valence-corrected chi connectivity index (χ3v) is 9.52. The van der Waals surface area contributed by atoms with E-state index in [9.17, 15) is 31.9 Å². The minimum absolute atomic E-state index is 0.0174. The molecule has 3 aromatic rings. The van der Waals surface area contributed by atoms with Gasteiger partial charge in [0.05, 0.1) is 36.8 Å². The molecule has 0 amide bonds. The average molecular weight is 640 g/mol. The molecular formula is C30H29F4NO6S2. The molecule has 230 valence electrons. The number of fused-ring (bicyclic) bond motifs is 1. The summed E-state index contributed by atoms with van der Waals surface area (Å²) in [5.41, 5.74) is -2.40. The van der Waals surface area contributed by atoms with Gasteiger partial charge in [0.25, 0.3) is 0 Å². The molecule has 0 atom stereocenters. The van der Waals surface area contributed by atoms with Gasteiger partial charge in [0.2, 0.25) is 0 Å². The predicted octanol–water partition coefficient (Wildman–Crippen LogP) is 6.10. The Bertz CT molecular complexity index is 1550. The van der Waals surface area contributed by atoms with Crippen LogP contribution in [0.2, 0.25) is 0 Å². The second-order valence-corrected chi connectivity index (χ2v) is 11.7. The normalized spacial score (nSPS) is 15.4. The second kappa shape index (κ2) is 14.0. The molecular weight excluding hydrogens is 610 g/mol. The number of pyridine rings is 1. The summed E-state index contributed by atoms with van der Waals surface area (Å²) in [5.74, 6) is -3.72. The van der Waals surface area contributed by atoms with Crippen molar-refractivity contribution >= 4 is 52.3 Å². The Morgan fingerprint density at radius 3 is 2.14 bits per heavy atom. The number of benzene rings is 2. The number of hydrogen-bond acceptors (Lipinski definition) is 9. The average Bonchev–Trinajstić information content (AvgIpc) is 2.90. The van der Waals surface area contributed by atoms with Gasteiger partial charge in [-0.25, -0.2) is 22.4 Å². The molecule has 0 spiro atoms.